The second kappa shape index (κ2) is 9.76. The molecule has 0 amide bonds. The number of aromatic carboxylic acids is 1. The Hall–Kier alpha value is -3.91. The third-order valence-electron chi connectivity index (χ3n) is 6.18. The minimum atomic E-state index is -1.22. The molecule has 9 heteroatoms. The zero-order valence-electron chi connectivity index (χ0n) is 19.0. The maximum atomic E-state index is 13.0. The predicted octanol–water partition coefficient (Wildman–Crippen LogP) is 4.82. The van der Waals surface area contributed by atoms with Gasteiger partial charge in [0.05, 0.1) is 17.5 Å². The SMILES string of the molecule is Cc1c(-n2ccnc2)ccn2c(=O)c(C(=O)O)ccc12.Cl.FC1=CN2CC=CC(C3CC3)=C2C=C1. The summed E-state index contributed by atoms with van der Waals surface area (Å²) in [6.45, 7) is 2.67. The van der Waals surface area contributed by atoms with Gasteiger partial charge >= 0.3 is 5.97 Å². The molecule has 6 rings (SSSR count). The van der Waals surface area contributed by atoms with Gasteiger partial charge in [0.2, 0.25) is 0 Å². The minimum Gasteiger partial charge on any atom is -0.477 e. The second-order valence-electron chi connectivity index (χ2n) is 8.43. The van der Waals surface area contributed by atoms with E-state index in [0.717, 1.165) is 23.7 Å². The van der Waals surface area contributed by atoms with E-state index in [4.69, 9.17) is 5.11 Å². The molecular formula is C26H24ClFN4O3. The number of fused-ring (bicyclic) bond motifs is 2. The lowest BCUT2D eigenvalue weighted by atomic mass is 10.0. The van der Waals surface area contributed by atoms with Gasteiger partial charge < -0.3 is 14.6 Å². The number of carbonyl (C=O) groups is 1. The van der Waals surface area contributed by atoms with Crippen LogP contribution in [0.2, 0.25) is 0 Å². The lowest BCUT2D eigenvalue weighted by Crippen LogP contribution is -2.22. The van der Waals surface area contributed by atoms with E-state index >= 15 is 0 Å². The van der Waals surface area contributed by atoms with Crippen molar-refractivity contribution in [1.29, 1.82) is 0 Å². The molecule has 0 spiro atoms. The van der Waals surface area contributed by atoms with Gasteiger partial charge in [-0.15, -0.1) is 12.4 Å². The maximum absolute atomic E-state index is 13.0. The Morgan fingerprint density at radius 2 is 1.94 bits per heavy atom. The minimum absolute atomic E-state index is 0. The molecule has 7 nitrogen and oxygen atoms in total. The van der Waals surface area contributed by atoms with Crippen LogP contribution in [0.4, 0.5) is 4.39 Å². The summed E-state index contributed by atoms with van der Waals surface area (Å²) >= 11 is 0. The summed E-state index contributed by atoms with van der Waals surface area (Å²) in [6.07, 6.45) is 18.6. The molecule has 1 aliphatic carbocycles. The molecule has 3 aliphatic rings. The topological polar surface area (TPSA) is 79.8 Å². The van der Waals surface area contributed by atoms with Crippen LogP contribution < -0.4 is 5.56 Å². The Labute approximate surface area is 207 Å². The number of hydrogen-bond donors (Lipinski definition) is 1. The van der Waals surface area contributed by atoms with E-state index < -0.39 is 11.5 Å². The molecular weight excluding hydrogens is 471 g/mol. The highest BCUT2D eigenvalue weighted by molar-refractivity contribution is 5.87. The van der Waals surface area contributed by atoms with E-state index in [1.54, 1.807) is 43.1 Å². The first-order valence-electron chi connectivity index (χ1n) is 11.0. The number of aromatic nitrogens is 3. The number of carboxylic acid groups (broad SMARTS) is 1. The molecule has 0 saturated heterocycles. The Morgan fingerprint density at radius 1 is 1.14 bits per heavy atom. The van der Waals surface area contributed by atoms with E-state index in [9.17, 15) is 14.0 Å². The smallest absolute Gasteiger partial charge is 0.341 e. The highest BCUT2D eigenvalue weighted by Crippen LogP contribution is 2.41. The molecule has 180 valence electrons. The summed E-state index contributed by atoms with van der Waals surface area (Å²) < 4.78 is 16.2. The van der Waals surface area contributed by atoms with Crippen LogP contribution in [-0.2, 0) is 0 Å². The Kier molecular flexibility index (Phi) is 6.75. The summed E-state index contributed by atoms with van der Waals surface area (Å²) in [5.41, 5.74) is 4.25. The fourth-order valence-electron chi connectivity index (χ4n) is 4.30. The average Bonchev–Trinajstić information content (AvgIpc) is 3.53. The molecule has 1 N–H and O–H groups in total. The van der Waals surface area contributed by atoms with Crippen molar-refractivity contribution in [3.05, 3.63) is 112 Å². The van der Waals surface area contributed by atoms with Crippen molar-refractivity contribution >= 4 is 23.9 Å². The van der Waals surface area contributed by atoms with E-state index in [1.165, 1.54) is 34.6 Å². The molecule has 1 fully saturated rings. The Morgan fingerprint density at radius 3 is 2.63 bits per heavy atom. The number of imidazole rings is 1. The highest BCUT2D eigenvalue weighted by atomic mass is 35.5. The Bertz CT molecular complexity index is 1460. The monoisotopic (exact) mass is 494 g/mol. The van der Waals surface area contributed by atoms with Gasteiger partial charge in [-0.1, -0.05) is 12.2 Å². The van der Waals surface area contributed by atoms with Gasteiger partial charge in [-0.25, -0.2) is 14.2 Å². The molecule has 3 aromatic heterocycles. The summed E-state index contributed by atoms with van der Waals surface area (Å²) in [5.74, 6) is -0.650. The molecule has 0 radical (unpaired) electrons. The Balaban J connectivity index is 0.000000169. The van der Waals surface area contributed by atoms with Crippen LogP contribution in [0.25, 0.3) is 11.2 Å². The van der Waals surface area contributed by atoms with Crippen molar-refractivity contribution in [3.63, 3.8) is 0 Å². The van der Waals surface area contributed by atoms with Gasteiger partial charge in [-0.2, -0.15) is 0 Å². The molecule has 1 saturated carbocycles. The largest absolute Gasteiger partial charge is 0.477 e. The first kappa shape index (κ1) is 24.2. The van der Waals surface area contributed by atoms with Crippen LogP contribution in [0.5, 0.6) is 0 Å². The third kappa shape index (κ3) is 4.70. The summed E-state index contributed by atoms with van der Waals surface area (Å²) in [6, 6.07) is 4.74. The van der Waals surface area contributed by atoms with E-state index in [0.29, 0.717) is 5.52 Å². The fraction of sp³-hybridized carbons (Fsp3) is 0.192. The highest BCUT2D eigenvalue weighted by Gasteiger charge is 2.29. The third-order valence-corrected chi connectivity index (χ3v) is 6.18. The van der Waals surface area contributed by atoms with Crippen molar-refractivity contribution < 1.29 is 14.3 Å². The molecule has 0 bridgehead atoms. The number of halogens is 2. The molecule has 2 aliphatic heterocycles. The zero-order chi connectivity index (χ0) is 23.8. The van der Waals surface area contributed by atoms with Crippen LogP contribution in [0.1, 0.15) is 28.8 Å². The lowest BCUT2D eigenvalue weighted by Gasteiger charge is -2.28. The average molecular weight is 495 g/mol. The summed E-state index contributed by atoms with van der Waals surface area (Å²) in [4.78, 5) is 29.0. The second-order valence-corrected chi connectivity index (χ2v) is 8.43. The summed E-state index contributed by atoms with van der Waals surface area (Å²) in [7, 11) is 0. The zero-order valence-corrected chi connectivity index (χ0v) is 19.8. The van der Waals surface area contributed by atoms with E-state index in [-0.39, 0.29) is 23.8 Å². The van der Waals surface area contributed by atoms with Crippen molar-refractivity contribution in [3.8, 4) is 5.69 Å². The maximum Gasteiger partial charge on any atom is 0.341 e. The van der Waals surface area contributed by atoms with Gasteiger partial charge in [-0.3, -0.25) is 9.20 Å². The van der Waals surface area contributed by atoms with E-state index in [1.807, 2.05) is 28.7 Å². The van der Waals surface area contributed by atoms with E-state index in [2.05, 4.69) is 17.1 Å². The fourth-order valence-corrected chi connectivity index (χ4v) is 4.30. The van der Waals surface area contributed by atoms with Gasteiger partial charge in [0.25, 0.3) is 5.56 Å². The molecule has 0 atom stereocenters. The van der Waals surface area contributed by atoms with Gasteiger partial charge in [0, 0.05) is 37.0 Å². The van der Waals surface area contributed by atoms with Crippen LogP contribution in [0, 0.1) is 12.8 Å². The summed E-state index contributed by atoms with van der Waals surface area (Å²) in [5, 5.41) is 8.97. The number of aryl methyl sites for hydroxylation is 1. The molecule has 5 heterocycles. The number of allylic oxidation sites excluding steroid dienone is 5. The van der Waals surface area contributed by atoms with Gasteiger partial charge in [0.1, 0.15) is 11.4 Å². The number of carboxylic acids is 1. The van der Waals surface area contributed by atoms with Crippen molar-refractivity contribution in [1.82, 2.24) is 18.9 Å². The van der Waals surface area contributed by atoms with Crippen LogP contribution in [0.3, 0.4) is 0 Å². The van der Waals surface area contributed by atoms with Crippen molar-refractivity contribution in [2.45, 2.75) is 19.8 Å². The number of rotatable bonds is 3. The van der Waals surface area contributed by atoms with Crippen LogP contribution in [0.15, 0.2) is 95.5 Å². The van der Waals surface area contributed by atoms with Crippen molar-refractivity contribution in [2.75, 3.05) is 6.54 Å². The normalized spacial score (nSPS) is 16.3. The number of pyridine rings is 2. The lowest BCUT2D eigenvalue weighted by molar-refractivity contribution is 0.0694. The quantitative estimate of drug-likeness (QED) is 0.565. The standard InChI is InChI=1S/C14H11N3O3.C12H12FN.ClH/c1-9-11(16-7-5-15-8-16)4-6-17-12(9)3-2-10(13(17)18)14(19)20;13-10-5-6-12-11(9-3-4-9)2-1-7-14(12)8-10;/h2-8H,1H3,(H,19,20);1-2,5-6,8-9H,3-4,7H2;1H. The van der Waals surface area contributed by atoms with Crippen molar-refractivity contribution in [2.24, 2.45) is 5.92 Å². The first-order valence-corrected chi connectivity index (χ1v) is 11.0. The van der Waals surface area contributed by atoms with Crippen LogP contribution in [-0.4, -0.2) is 36.5 Å². The predicted molar refractivity (Wildman–Crippen MR) is 134 cm³/mol. The first-order chi connectivity index (χ1) is 16.4. The molecule has 35 heavy (non-hydrogen) atoms. The number of nitrogens with zero attached hydrogens (tertiary/aromatic N) is 4. The molecule has 0 unspecified atom stereocenters. The number of hydrogen-bond acceptors (Lipinski definition) is 4. The molecule has 3 aromatic rings. The van der Waals surface area contributed by atoms with Gasteiger partial charge in [0.15, 0.2) is 0 Å². The van der Waals surface area contributed by atoms with Gasteiger partial charge in [-0.05, 0) is 67.2 Å². The molecule has 0 aromatic carbocycles. The van der Waals surface area contributed by atoms with Crippen LogP contribution >= 0.6 is 12.4 Å².